The maximum Gasteiger partial charge on any atom is 0.176 e. The van der Waals surface area contributed by atoms with Crippen LogP contribution in [-0.4, -0.2) is 17.9 Å². The molecule has 0 unspecified atom stereocenters. The summed E-state index contributed by atoms with van der Waals surface area (Å²) in [5, 5.41) is 4.08. The van der Waals surface area contributed by atoms with Crippen molar-refractivity contribution in [3.05, 3.63) is 33.8 Å². The normalized spacial score (nSPS) is 11.6. The van der Waals surface area contributed by atoms with Crippen molar-refractivity contribution in [2.24, 2.45) is 0 Å². The van der Waals surface area contributed by atoms with Crippen LogP contribution in [-0.2, 0) is 0 Å². The lowest BCUT2D eigenvalue weighted by Gasteiger charge is -2.19. The smallest absolute Gasteiger partial charge is 0.176 e. The molecule has 0 fully saturated rings. The van der Waals surface area contributed by atoms with Gasteiger partial charge in [0, 0.05) is 21.1 Å². The molecule has 2 nitrogen and oxygen atoms in total. The van der Waals surface area contributed by atoms with Crippen molar-refractivity contribution in [3.63, 3.8) is 0 Å². The van der Waals surface area contributed by atoms with Crippen molar-refractivity contribution >= 4 is 29.0 Å². The van der Waals surface area contributed by atoms with E-state index in [0.717, 1.165) is 0 Å². The van der Waals surface area contributed by atoms with E-state index in [4.69, 9.17) is 23.2 Å². The van der Waals surface area contributed by atoms with E-state index in [0.29, 0.717) is 15.6 Å². The molecule has 0 heterocycles. The van der Waals surface area contributed by atoms with E-state index in [1.165, 1.54) is 0 Å². The Morgan fingerprint density at radius 1 is 1.19 bits per heavy atom. The predicted octanol–water partition coefficient (Wildman–Crippen LogP) is 3.56. The molecular weight excluding hydrogens is 245 g/mol. The number of Topliss-reactive ketones (excluding diaryl/α,β-unsaturated/α-hetero) is 1. The number of carbonyl (C=O) groups is 1. The van der Waals surface area contributed by atoms with Crippen LogP contribution in [0.2, 0.25) is 10.0 Å². The summed E-state index contributed by atoms with van der Waals surface area (Å²) in [7, 11) is 0. The summed E-state index contributed by atoms with van der Waals surface area (Å²) in [5.74, 6) is -0.0145. The van der Waals surface area contributed by atoms with Crippen LogP contribution in [0.4, 0.5) is 0 Å². The van der Waals surface area contributed by atoms with Gasteiger partial charge >= 0.3 is 0 Å². The molecule has 1 N–H and O–H groups in total. The summed E-state index contributed by atoms with van der Waals surface area (Å²) in [5.41, 5.74) is 0.451. The summed E-state index contributed by atoms with van der Waals surface area (Å²) >= 11 is 11.7. The number of ketones is 1. The molecule has 0 bridgehead atoms. The fraction of sp³-hybridized carbons (Fsp3) is 0.417. The van der Waals surface area contributed by atoms with Gasteiger partial charge in [0.25, 0.3) is 0 Å². The number of nitrogens with one attached hydrogen (secondary N) is 1. The third-order valence-electron chi connectivity index (χ3n) is 1.96. The van der Waals surface area contributed by atoms with Gasteiger partial charge in [-0.2, -0.15) is 0 Å². The molecule has 88 valence electrons. The second-order valence-electron chi connectivity index (χ2n) is 4.68. The van der Waals surface area contributed by atoms with Gasteiger partial charge in [0.1, 0.15) is 0 Å². The first-order valence-corrected chi connectivity index (χ1v) is 5.78. The molecule has 0 aliphatic carbocycles. The standard InChI is InChI=1S/C12H15Cl2NO/c1-12(2,3)15-7-11(16)8-4-9(13)6-10(14)5-8/h4-6,15H,7H2,1-3H3. The van der Waals surface area contributed by atoms with Crippen LogP contribution >= 0.6 is 23.2 Å². The van der Waals surface area contributed by atoms with Crippen molar-refractivity contribution in [1.29, 1.82) is 0 Å². The van der Waals surface area contributed by atoms with Crippen molar-refractivity contribution < 1.29 is 4.79 Å². The highest BCUT2D eigenvalue weighted by Crippen LogP contribution is 2.19. The Bertz CT molecular complexity index is 376. The molecule has 0 spiro atoms. The van der Waals surface area contributed by atoms with Crippen LogP contribution in [0, 0.1) is 0 Å². The molecule has 1 aromatic carbocycles. The Labute approximate surface area is 106 Å². The molecule has 0 aliphatic heterocycles. The van der Waals surface area contributed by atoms with E-state index in [9.17, 15) is 4.79 Å². The fourth-order valence-corrected chi connectivity index (χ4v) is 1.69. The number of halogens is 2. The van der Waals surface area contributed by atoms with Crippen LogP contribution in [0.25, 0.3) is 0 Å². The molecule has 0 radical (unpaired) electrons. The zero-order valence-electron chi connectivity index (χ0n) is 9.60. The summed E-state index contributed by atoms with van der Waals surface area (Å²) in [6, 6.07) is 4.86. The summed E-state index contributed by atoms with van der Waals surface area (Å²) < 4.78 is 0. The Hall–Kier alpha value is -0.570. The Morgan fingerprint density at radius 3 is 2.12 bits per heavy atom. The van der Waals surface area contributed by atoms with E-state index < -0.39 is 0 Å². The fourth-order valence-electron chi connectivity index (χ4n) is 1.16. The monoisotopic (exact) mass is 259 g/mol. The highest BCUT2D eigenvalue weighted by molar-refractivity contribution is 6.35. The van der Waals surface area contributed by atoms with Gasteiger partial charge in [-0.05, 0) is 39.0 Å². The zero-order valence-corrected chi connectivity index (χ0v) is 11.1. The van der Waals surface area contributed by atoms with Gasteiger partial charge in [-0.1, -0.05) is 23.2 Å². The molecule has 0 aliphatic rings. The van der Waals surface area contributed by atoms with Crippen molar-refractivity contribution in [3.8, 4) is 0 Å². The molecule has 0 atom stereocenters. The van der Waals surface area contributed by atoms with Crippen molar-refractivity contribution in [2.75, 3.05) is 6.54 Å². The number of hydrogen-bond donors (Lipinski definition) is 1. The molecule has 0 saturated carbocycles. The van der Waals surface area contributed by atoms with E-state index in [1.54, 1.807) is 18.2 Å². The largest absolute Gasteiger partial charge is 0.305 e. The van der Waals surface area contributed by atoms with Gasteiger partial charge in [0.2, 0.25) is 0 Å². The second-order valence-corrected chi connectivity index (χ2v) is 5.56. The molecule has 0 aromatic heterocycles. The maximum absolute atomic E-state index is 11.8. The average molecular weight is 260 g/mol. The van der Waals surface area contributed by atoms with Crippen molar-refractivity contribution in [2.45, 2.75) is 26.3 Å². The van der Waals surface area contributed by atoms with Crippen LogP contribution in [0.5, 0.6) is 0 Å². The minimum absolute atomic E-state index is 0.0145. The molecule has 1 aromatic rings. The highest BCUT2D eigenvalue weighted by atomic mass is 35.5. The highest BCUT2D eigenvalue weighted by Gasteiger charge is 2.13. The third-order valence-corrected chi connectivity index (χ3v) is 2.40. The lowest BCUT2D eigenvalue weighted by atomic mass is 10.1. The summed E-state index contributed by atoms with van der Waals surface area (Å²) in [4.78, 5) is 11.8. The Kier molecular flexibility index (Phi) is 4.36. The second kappa shape index (κ2) is 5.17. The third kappa shape index (κ3) is 4.52. The summed E-state index contributed by atoms with van der Waals surface area (Å²) in [6.45, 7) is 6.29. The lowest BCUT2D eigenvalue weighted by molar-refractivity contribution is 0.0982. The predicted molar refractivity (Wildman–Crippen MR) is 68.5 cm³/mol. The first kappa shape index (κ1) is 13.5. The average Bonchev–Trinajstić information content (AvgIpc) is 2.11. The number of rotatable bonds is 3. The molecule has 16 heavy (non-hydrogen) atoms. The zero-order chi connectivity index (χ0) is 12.3. The van der Waals surface area contributed by atoms with Gasteiger partial charge in [-0.15, -0.1) is 0 Å². The van der Waals surface area contributed by atoms with Crippen molar-refractivity contribution in [1.82, 2.24) is 5.32 Å². The van der Waals surface area contributed by atoms with Crippen LogP contribution in [0.1, 0.15) is 31.1 Å². The number of benzene rings is 1. The van der Waals surface area contributed by atoms with E-state index in [2.05, 4.69) is 5.32 Å². The van der Waals surface area contributed by atoms with E-state index in [-0.39, 0.29) is 17.9 Å². The lowest BCUT2D eigenvalue weighted by Crippen LogP contribution is -2.39. The minimum Gasteiger partial charge on any atom is -0.305 e. The first-order chi connectivity index (χ1) is 7.28. The van der Waals surface area contributed by atoms with Gasteiger partial charge < -0.3 is 5.32 Å². The molecule has 4 heteroatoms. The van der Waals surface area contributed by atoms with Crippen LogP contribution in [0.15, 0.2) is 18.2 Å². The number of hydrogen-bond acceptors (Lipinski definition) is 2. The molecular formula is C12H15Cl2NO. The van der Waals surface area contributed by atoms with Crippen LogP contribution in [0.3, 0.4) is 0 Å². The summed E-state index contributed by atoms with van der Waals surface area (Å²) in [6.07, 6.45) is 0. The quantitative estimate of drug-likeness (QED) is 0.842. The molecule has 1 rings (SSSR count). The van der Waals surface area contributed by atoms with E-state index >= 15 is 0 Å². The van der Waals surface area contributed by atoms with Gasteiger partial charge in [-0.3, -0.25) is 4.79 Å². The maximum atomic E-state index is 11.8. The van der Waals surface area contributed by atoms with Gasteiger partial charge in [0.15, 0.2) is 5.78 Å². The van der Waals surface area contributed by atoms with Crippen LogP contribution < -0.4 is 5.32 Å². The molecule has 0 amide bonds. The number of carbonyl (C=O) groups excluding carboxylic acids is 1. The first-order valence-electron chi connectivity index (χ1n) is 5.02. The van der Waals surface area contributed by atoms with Gasteiger partial charge in [-0.25, -0.2) is 0 Å². The Balaban J connectivity index is 2.73. The molecule has 0 saturated heterocycles. The Morgan fingerprint density at radius 2 is 1.69 bits per heavy atom. The topological polar surface area (TPSA) is 29.1 Å². The minimum atomic E-state index is -0.0853. The van der Waals surface area contributed by atoms with E-state index in [1.807, 2.05) is 20.8 Å². The SMILES string of the molecule is CC(C)(C)NCC(=O)c1cc(Cl)cc(Cl)c1. The van der Waals surface area contributed by atoms with Gasteiger partial charge in [0.05, 0.1) is 6.54 Å².